The highest BCUT2D eigenvalue weighted by atomic mass is 32.1. The Hall–Kier alpha value is -1.09. The molecule has 1 fully saturated rings. The van der Waals surface area contributed by atoms with E-state index in [1.807, 2.05) is 0 Å². The van der Waals surface area contributed by atoms with Crippen LogP contribution in [0.3, 0.4) is 0 Å². The normalized spacial score (nSPS) is 22.0. The Morgan fingerprint density at radius 1 is 1.04 bits per heavy atom. The van der Waals surface area contributed by atoms with Crippen LogP contribution in [0, 0.1) is 11.3 Å². The molecule has 1 saturated carbocycles. The number of hydrogen-bond donors (Lipinski definition) is 2. The Morgan fingerprint density at radius 3 is 2.09 bits per heavy atom. The molecular weight excluding hydrogens is 300 g/mol. The molecule has 2 nitrogen and oxygen atoms in total. The van der Waals surface area contributed by atoms with Gasteiger partial charge in [0.25, 0.3) is 0 Å². The van der Waals surface area contributed by atoms with Crippen molar-refractivity contribution in [3.05, 3.63) is 29.8 Å². The van der Waals surface area contributed by atoms with Crippen LogP contribution in [0.2, 0.25) is 0 Å². The molecule has 0 atom stereocenters. The van der Waals surface area contributed by atoms with Gasteiger partial charge in [0.2, 0.25) is 0 Å². The van der Waals surface area contributed by atoms with Gasteiger partial charge in [-0.3, -0.25) is 0 Å². The number of nitrogens with one attached hydrogen (secondary N) is 2. The molecule has 1 aromatic carbocycles. The van der Waals surface area contributed by atoms with Crippen LogP contribution in [0.15, 0.2) is 24.3 Å². The second-order valence-electron chi connectivity index (χ2n) is 8.29. The first-order valence-electron chi connectivity index (χ1n) is 8.93. The van der Waals surface area contributed by atoms with Gasteiger partial charge in [-0.05, 0) is 72.8 Å². The minimum atomic E-state index is 0.432. The summed E-state index contributed by atoms with van der Waals surface area (Å²) in [6.45, 7) is 11.5. The summed E-state index contributed by atoms with van der Waals surface area (Å²) in [4.78, 5) is 0. The third kappa shape index (κ3) is 5.49. The van der Waals surface area contributed by atoms with E-state index in [0.717, 1.165) is 16.7 Å². The first kappa shape index (κ1) is 18.3. The lowest BCUT2D eigenvalue weighted by molar-refractivity contribution is 0.166. The number of hydrogen-bond acceptors (Lipinski definition) is 1. The molecule has 0 unspecified atom stereocenters. The van der Waals surface area contributed by atoms with Crippen molar-refractivity contribution < 1.29 is 0 Å². The fraction of sp³-hybridized carbons (Fsp3) is 0.650. The van der Waals surface area contributed by atoms with Gasteiger partial charge in [0, 0.05) is 11.7 Å². The van der Waals surface area contributed by atoms with Crippen LogP contribution in [0.4, 0.5) is 5.69 Å². The molecule has 1 aliphatic carbocycles. The summed E-state index contributed by atoms with van der Waals surface area (Å²) < 4.78 is 0. The number of benzene rings is 1. The van der Waals surface area contributed by atoms with E-state index in [1.165, 1.54) is 31.2 Å². The maximum Gasteiger partial charge on any atom is 0.170 e. The molecule has 0 amide bonds. The van der Waals surface area contributed by atoms with Gasteiger partial charge >= 0.3 is 0 Å². The predicted octanol–water partition coefficient (Wildman–Crippen LogP) is 5.70. The molecule has 23 heavy (non-hydrogen) atoms. The van der Waals surface area contributed by atoms with Gasteiger partial charge in [-0.2, -0.15) is 0 Å². The number of anilines is 1. The molecule has 2 N–H and O–H groups in total. The van der Waals surface area contributed by atoms with Crippen molar-refractivity contribution in [1.29, 1.82) is 0 Å². The summed E-state index contributed by atoms with van der Waals surface area (Å²) in [6.07, 6.45) is 5.03. The fourth-order valence-electron chi connectivity index (χ4n) is 3.41. The third-order valence-electron chi connectivity index (χ3n) is 5.12. The van der Waals surface area contributed by atoms with Crippen LogP contribution in [0.25, 0.3) is 0 Å². The largest absolute Gasteiger partial charge is 0.360 e. The van der Waals surface area contributed by atoms with E-state index >= 15 is 0 Å². The Labute approximate surface area is 147 Å². The van der Waals surface area contributed by atoms with Crippen molar-refractivity contribution in [2.75, 3.05) is 5.32 Å². The van der Waals surface area contributed by atoms with Crippen molar-refractivity contribution in [3.63, 3.8) is 0 Å². The minimum absolute atomic E-state index is 0.432. The highest BCUT2D eigenvalue weighted by molar-refractivity contribution is 7.80. The Morgan fingerprint density at radius 2 is 1.61 bits per heavy atom. The Balaban J connectivity index is 1.79. The maximum absolute atomic E-state index is 5.48. The SMILES string of the molecule is CC(C)c1ccc(NC(=S)NC2CCC(C(C)(C)C)CC2)cc1. The topological polar surface area (TPSA) is 24.1 Å². The monoisotopic (exact) mass is 332 g/mol. The molecule has 0 saturated heterocycles. The van der Waals surface area contributed by atoms with Crippen LogP contribution in [0.5, 0.6) is 0 Å². The van der Waals surface area contributed by atoms with Crippen molar-refractivity contribution >= 4 is 23.0 Å². The number of rotatable bonds is 3. The van der Waals surface area contributed by atoms with E-state index < -0.39 is 0 Å². The molecule has 3 heteroatoms. The van der Waals surface area contributed by atoms with E-state index in [2.05, 4.69) is 69.5 Å². The average molecular weight is 333 g/mol. The van der Waals surface area contributed by atoms with Crippen LogP contribution >= 0.6 is 12.2 Å². The van der Waals surface area contributed by atoms with Gasteiger partial charge in [-0.1, -0.05) is 46.8 Å². The smallest absolute Gasteiger partial charge is 0.170 e. The van der Waals surface area contributed by atoms with Gasteiger partial charge in [-0.15, -0.1) is 0 Å². The zero-order valence-corrected chi connectivity index (χ0v) is 16.1. The molecule has 1 aromatic rings. The quantitative estimate of drug-likeness (QED) is 0.694. The Bertz CT molecular complexity index is 505. The molecular formula is C20H32N2S. The third-order valence-corrected chi connectivity index (χ3v) is 5.34. The lowest BCUT2D eigenvalue weighted by Gasteiger charge is -2.37. The summed E-state index contributed by atoms with van der Waals surface area (Å²) >= 11 is 5.48. The van der Waals surface area contributed by atoms with E-state index in [1.54, 1.807) is 0 Å². The van der Waals surface area contributed by atoms with E-state index in [4.69, 9.17) is 12.2 Å². The van der Waals surface area contributed by atoms with Gasteiger partial charge in [-0.25, -0.2) is 0 Å². The van der Waals surface area contributed by atoms with Crippen molar-refractivity contribution in [3.8, 4) is 0 Å². The van der Waals surface area contributed by atoms with Crippen LogP contribution in [-0.4, -0.2) is 11.2 Å². The zero-order chi connectivity index (χ0) is 17.0. The molecule has 0 spiro atoms. The molecule has 1 aliphatic rings. The molecule has 0 bridgehead atoms. The van der Waals surface area contributed by atoms with Gasteiger partial charge < -0.3 is 10.6 Å². The summed E-state index contributed by atoms with van der Waals surface area (Å²) in [5, 5.41) is 7.57. The van der Waals surface area contributed by atoms with E-state index in [-0.39, 0.29) is 0 Å². The lowest BCUT2D eigenvalue weighted by Crippen LogP contribution is -2.41. The standard InChI is InChI=1S/C20H32N2S/c1-14(2)15-6-10-17(11-7-15)21-19(23)22-18-12-8-16(9-13-18)20(3,4)5/h6-7,10-11,14,16,18H,8-9,12-13H2,1-5H3,(H2,21,22,23). The fourth-order valence-corrected chi connectivity index (χ4v) is 3.69. The zero-order valence-electron chi connectivity index (χ0n) is 15.3. The second kappa shape index (κ2) is 7.65. The molecule has 2 rings (SSSR count). The first-order chi connectivity index (χ1) is 10.8. The summed E-state index contributed by atoms with van der Waals surface area (Å²) in [6, 6.07) is 9.08. The Kier molecular flexibility index (Phi) is 6.07. The molecule has 0 aromatic heterocycles. The highest BCUT2D eigenvalue weighted by Gasteiger charge is 2.29. The van der Waals surface area contributed by atoms with Crippen LogP contribution in [-0.2, 0) is 0 Å². The van der Waals surface area contributed by atoms with Crippen LogP contribution in [0.1, 0.15) is 71.8 Å². The van der Waals surface area contributed by atoms with E-state index in [0.29, 0.717) is 17.4 Å². The lowest BCUT2D eigenvalue weighted by atomic mass is 9.71. The predicted molar refractivity (Wildman–Crippen MR) is 105 cm³/mol. The minimum Gasteiger partial charge on any atom is -0.360 e. The molecule has 0 heterocycles. The van der Waals surface area contributed by atoms with Gasteiger partial charge in [0.05, 0.1) is 0 Å². The van der Waals surface area contributed by atoms with Crippen molar-refractivity contribution in [2.45, 2.75) is 72.3 Å². The summed E-state index contributed by atoms with van der Waals surface area (Å²) in [5.74, 6) is 1.40. The highest BCUT2D eigenvalue weighted by Crippen LogP contribution is 2.37. The maximum atomic E-state index is 5.48. The van der Waals surface area contributed by atoms with Crippen molar-refractivity contribution in [2.24, 2.45) is 11.3 Å². The average Bonchev–Trinajstić information content (AvgIpc) is 2.47. The van der Waals surface area contributed by atoms with Gasteiger partial charge in [0.1, 0.15) is 0 Å². The van der Waals surface area contributed by atoms with E-state index in [9.17, 15) is 0 Å². The van der Waals surface area contributed by atoms with Gasteiger partial charge in [0.15, 0.2) is 5.11 Å². The summed E-state index contributed by atoms with van der Waals surface area (Å²) in [5.41, 5.74) is 2.85. The summed E-state index contributed by atoms with van der Waals surface area (Å²) in [7, 11) is 0. The first-order valence-corrected chi connectivity index (χ1v) is 9.34. The number of thiocarbonyl (C=S) groups is 1. The van der Waals surface area contributed by atoms with Crippen LogP contribution < -0.4 is 10.6 Å². The van der Waals surface area contributed by atoms with Crippen molar-refractivity contribution in [1.82, 2.24) is 5.32 Å². The second-order valence-corrected chi connectivity index (χ2v) is 8.70. The molecule has 128 valence electrons. The molecule has 0 aliphatic heterocycles. The molecule has 0 radical (unpaired) electrons.